The Labute approximate surface area is 148 Å². The van der Waals surface area contributed by atoms with Crippen LogP contribution in [0.3, 0.4) is 0 Å². The van der Waals surface area contributed by atoms with Gasteiger partial charge in [0.1, 0.15) is 0 Å². The summed E-state index contributed by atoms with van der Waals surface area (Å²) in [7, 11) is 3.35. The summed E-state index contributed by atoms with van der Waals surface area (Å²) in [5.41, 5.74) is 3.30. The molecule has 0 saturated heterocycles. The Kier molecular flexibility index (Phi) is 6.39. The Balaban J connectivity index is 1.91. The van der Waals surface area contributed by atoms with Crippen molar-refractivity contribution in [2.45, 2.75) is 13.3 Å². The van der Waals surface area contributed by atoms with Crippen LogP contribution in [-0.2, 0) is 6.42 Å². The quantitative estimate of drug-likeness (QED) is 0.780. The maximum atomic E-state index is 12.1. The number of hydrogen-bond donors (Lipinski definition) is 3. The van der Waals surface area contributed by atoms with E-state index in [-0.39, 0.29) is 12.1 Å². The van der Waals surface area contributed by atoms with E-state index in [1.165, 1.54) is 10.5 Å². The molecule has 0 spiro atoms. The minimum atomic E-state index is -0.268. The van der Waals surface area contributed by atoms with Crippen molar-refractivity contribution < 1.29 is 9.59 Å². The van der Waals surface area contributed by atoms with E-state index >= 15 is 0 Å². The summed E-state index contributed by atoms with van der Waals surface area (Å²) >= 11 is 0. The van der Waals surface area contributed by atoms with Crippen molar-refractivity contribution in [1.29, 1.82) is 0 Å². The van der Waals surface area contributed by atoms with E-state index in [1.807, 2.05) is 37.3 Å². The van der Waals surface area contributed by atoms with Crippen molar-refractivity contribution in [1.82, 2.24) is 10.2 Å². The van der Waals surface area contributed by atoms with Gasteiger partial charge in [-0.05, 0) is 36.6 Å². The second-order valence-corrected chi connectivity index (χ2v) is 5.92. The zero-order chi connectivity index (χ0) is 18.2. The normalized spacial score (nSPS) is 10.0. The van der Waals surface area contributed by atoms with Crippen molar-refractivity contribution in [3.8, 4) is 0 Å². The Hall–Kier alpha value is -3.02. The van der Waals surface area contributed by atoms with Crippen molar-refractivity contribution in [2.24, 2.45) is 0 Å². The lowest BCUT2D eigenvalue weighted by Gasteiger charge is -2.16. The molecule has 0 radical (unpaired) electrons. The molecule has 3 N–H and O–H groups in total. The summed E-state index contributed by atoms with van der Waals surface area (Å²) in [6, 6.07) is 14.9. The molecule has 0 aliphatic heterocycles. The average molecular weight is 340 g/mol. The monoisotopic (exact) mass is 340 g/mol. The van der Waals surface area contributed by atoms with Crippen LogP contribution in [0, 0.1) is 6.92 Å². The first kappa shape index (κ1) is 18.3. The molecule has 0 fully saturated rings. The van der Waals surface area contributed by atoms with Gasteiger partial charge in [0, 0.05) is 32.0 Å². The molecule has 4 amide bonds. The number of rotatable bonds is 5. The second kappa shape index (κ2) is 8.73. The van der Waals surface area contributed by atoms with Gasteiger partial charge < -0.3 is 20.9 Å². The van der Waals surface area contributed by atoms with Crippen LogP contribution in [0.5, 0.6) is 0 Å². The molecule has 6 heteroatoms. The van der Waals surface area contributed by atoms with E-state index < -0.39 is 0 Å². The Morgan fingerprint density at radius 3 is 2.20 bits per heavy atom. The van der Waals surface area contributed by atoms with Gasteiger partial charge >= 0.3 is 12.1 Å². The zero-order valence-electron chi connectivity index (χ0n) is 14.8. The van der Waals surface area contributed by atoms with Gasteiger partial charge in [0.15, 0.2) is 0 Å². The predicted molar refractivity (Wildman–Crippen MR) is 101 cm³/mol. The van der Waals surface area contributed by atoms with Gasteiger partial charge in [-0.2, -0.15) is 0 Å². The van der Waals surface area contributed by atoms with Gasteiger partial charge in [-0.3, -0.25) is 0 Å². The SMILES string of the molecule is Cc1c(NC(=O)NCCc2ccccc2)cccc1NC(=O)N(C)C. The lowest BCUT2D eigenvalue weighted by Crippen LogP contribution is -2.31. The summed E-state index contributed by atoms with van der Waals surface area (Å²) in [4.78, 5) is 25.3. The van der Waals surface area contributed by atoms with Crippen molar-refractivity contribution in [3.63, 3.8) is 0 Å². The van der Waals surface area contributed by atoms with Crippen molar-refractivity contribution in [3.05, 3.63) is 59.7 Å². The molecular weight excluding hydrogens is 316 g/mol. The number of hydrogen-bond acceptors (Lipinski definition) is 2. The van der Waals surface area contributed by atoms with Crippen LogP contribution < -0.4 is 16.0 Å². The van der Waals surface area contributed by atoms with E-state index in [0.717, 1.165) is 12.0 Å². The molecular formula is C19H24N4O2. The number of amides is 4. The molecule has 0 saturated carbocycles. The second-order valence-electron chi connectivity index (χ2n) is 5.92. The van der Waals surface area contributed by atoms with Gasteiger partial charge in [0.05, 0.1) is 0 Å². The highest BCUT2D eigenvalue weighted by Crippen LogP contribution is 2.23. The molecule has 0 aliphatic carbocycles. The number of anilines is 2. The first-order chi connectivity index (χ1) is 12.0. The molecule has 0 heterocycles. The summed E-state index contributed by atoms with van der Waals surface area (Å²) in [5.74, 6) is 0. The number of nitrogens with zero attached hydrogens (tertiary/aromatic N) is 1. The van der Waals surface area contributed by atoms with Crippen LogP contribution in [0.15, 0.2) is 48.5 Å². The number of nitrogens with one attached hydrogen (secondary N) is 3. The third kappa shape index (κ3) is 5.53. The minimum Gasteiger partial charge on any atom is -0.338 e. The fourth-order valence-electron chi connectivity index (χ4n) is 2.27. The molecule has 25 heavy (non-hydrogen) atoms. The van der Waals surface area contributed by atoms with Crippen LogP contribution in [-0.4, -0.2) is 37.6 Å². The predicted octanol–water partition coefficient (Wildman–Crippen LogP) is 3.45. The highest BCUT2D eigenvalue weighted by atomic mass is 16.2. The number of benzene rings is 2. The van der Waals surface area contributed by atoms with E-state index in [4.69, 9.17) is 0 Å². The molecule has 132 valence electrons. The molecule has 0 atom stereocenters. The first-order valence-corrected chi connectivity index (χ1v) is 8.14. The van der Waals surface area contributed by atoms with Crippen LogP contribution >= 0.6 is 0 Å². The summed E-state index contributed by atoms with van der Waals surface area (Å²) in [5, 5.41) is 8.47. The van der Waals surface area contributed by atoms with Gasteiger partial charge in [0.25, 0.3) is 0 Å². The lowest BCUT2D eigenvalue weighted by molar-refractivity contribution is 0.230. The highest BCUT2D eigenvalue weighted by Gasteiger charge is 2.10. The van der Waals surface area contributed by atoms with Crippen LogP contribution in [0.25, 0.3) is 0 Å². The van der Waals surface area contributed by atoms with Gasteiger partial charge in [-0.15, -0.1) is 0 Å². The fraction of sp³-hybridized carbons (Fsp3) is 0.263. The maximum Gasteiger partial charge on any atom is 0.321 e. The molecule has 2 aromatic carbocycles. The average Bonchev–Trinajstić information content (AvgIpc) is 2.59. The molecule has 2 aromatic rings. The Bertz CT molecular complexity index is 729. The van der Waals surface area contributed by atoms with E-state index in [1.54, 1.807) is 32.3 Å². The van der Waals surface area contributed by atoms with E-state index in [0.29, 0.717) is 17.9 Å². The third-order valence-electron chi connectivity index (χ3n) is 3.77. The third-order valence-corrected chi connectivity index (χ3v) is 3.77. The van der Waals surface area contributed by atoms with E-state index in [9.17, 15) is 9.59 Å². The first-order valence-electron chi connectivity index (χ1n) is 8.14. The number of urea groups is 2. The molecule has 0 aliphatic rings. The van der Waals surface area contributed by atoms with Gasteiger partial charge in [-0.1, -0.05) is 36.4 Å². The molecule has 0 unspecified atom stereocenters. The fourth-order valence-corrected chi connectivity index (χ4v) is 2.27. The lowest BCUT2D eigenvalue weighted by atomic mass is 10.1. The van der Waals surface area contributed by atoms with Gasteiger partial charge in [0.2, 0.25) is 0 Å². The number of carbonyl (C=O) groups is 2. The van der Waals surface area contributed by atoms with Crippen molar-refractivity contribution >= 4 is 23.4 Å². The Morgan fingerprint density at radius 1 is 0.920 bits per heavy atom. The summed E-state index contributed by atoms with van der Waals surface area (Å²) in [6.07, 6.45) is 0.770. The summed E-state index contributed by atoms with van der Waals surface area (Å²) in [6.45, 7) is 2.40. The van der Waals surface area contributed by atoms with Gasteiger partial charge in [-0.25, -0.2) is 9.59 Å². The molecule has 0 bridgehead atoms. The number of carbonyl (C=O) groups excluding carboxylic acids is 2. The highest BCUT2D eigenvalue weighted by molar-refractivity contribution is 5.94. The minimum absolute atomic E-state index is 0.215. The van der Waals surface area contributed by atoms with Crippen LogP contribution in [0.4, 0.5) is 21.0 Å². The Morgan fingerprint density at radius 2 is 1.56 bits per heavy atom. The van der Waals surface area contributed by atoms with Crippen LogP contribution in [0.2, 0.25) is 0 Å². The largest absolute Gasteiger partial charge is 0.338 e. The smallest absolute Gasteiger partial charge is 0.321 e. The zero-order valence-corrected chi connectivity index (χ0v) is 14.8. The maximum absolute atomic E-state index is 12.1. The van der Waals surface area contributed by atoms with Crippen molar-refractivity contribution in [2.75, 3.05) is 31.3 Å². The van der Waals surface area contributed by atoms with E-state index in [2.05, 4.69) is 16.0 Å². The topological polar surface area (TPSA) is 73.5 Å². The standard InChI is InChI=1S/C19H24N4O2/c1-14-16(10-7-11-17(14)22-19(25)23(2)3)21-18(24)20-13-12-15-8-5-4-6-9-15/h4-11H,12-13H2,1-3H3,(H,22,25)(H2,20,21,24). The molecule has 6 nitrogen and oxygen atoms in total. The molecule has 0 aromatic heterocycles. The summed E-state index contributed by atoms with van der Waals surface area (Å²) < 4.78 is 0. The molecule has 2 rings (SSSR count). The van der Waals surface area contributed by atoms with Crippen LogP contribution in [0.1, 0.15) is 11.1 Å².